The minimum atomic E-state index is -3.91. The van der Waals surface area contributed by atoms with E-state index in [-0.39, 0.29) is 5.75 Å². The van der Waals surface area contributed by atoms with Crippen molar-refractivity contribution in [3.05, 3.63) is 71.8 Å². The predicted octanol–water partition coefficient (Wildman–Crippen LogP) is 6.01. The van der Waals surface area contributed by atoms with Crippen LogP contribution in [0.15, 0.2) is 80.2 Å². The van der Waals surface area contributed by atoms with Gasteiger partial charge < -0.3 is 4.90 Å². The quantitative estimate of drug-likeness (QED) is 0.294. The molecule has 0 unspecified atom stereocenters. The van der Waals surface area contributed by atoms with Gasteiger partial charge in [0.2, 0.25) is 0 Å². The van der Waals surface area contributed by atoms with Gasteiger partial charge in [-0.15, -0.1) is 0 Å². The maximum Gasteiger partial charge on any atom is 0.264 e. The van der Waals surface area contributed by atoms with Crippen molar-refractivity contribution in [2.75, 3.05) is 17.2 Å². The first-order chi connectivity index (χ1) is 14.5. The monoisotopic (exact) mass is 455 g/mol. The van der Waals surface area contributed by atoms with Crippen LogP contribution in [0.3, 0.4) is 0 Å². The Labute approximate surface area is 185 Å². The molecule has 0 saturated carbocycles. The van der Waals surface area contributed by atoms with E-state index in [4.69, 9.17) is 4.55 Å². The molecular formula is C23H21NO3S3. The molecule has 3 aromatic carbocycles. The van der Waals surface area contributed by atoms with E-state index < -0.39 is 10.1 Å². The van der Waals surface area contributed by atoms with Crippen LogP contribution in [-0.2, 0) is 16.5 Å². The highest BCUT2D eigenvalue weighted by Crippen LogP contribution is 2.51. The minimum absolute atomic E-state index is 0.194. The Balaban J connectivity index is 1.48. The molecule has 3 aromatic rings. The topological polar surface area (TPSA) is 57.6 Å². The molecule has 1 N–H and O–H groups in total. The normalized spacial score (nSPS) is 14.5. The van der Waals surface area contributed by atoms with E-state index in [1.165, 1.54) is 36.4 Å². The van der Waals surface area contributed by atoms with E-state index in [2.05, 4.69) is 59.5 Å². The van der Waals surface area contributed by atoms with Crippen LogP contribution in [0, 0.1) is 0 Å². The summed E-state index contributed by atoms with van der Waals surface area (Å²) in [5.74, 6) is -0.194. The molecule has 0 saturated heterocycles. The molecule has 7 heteroatoms. The zero-order chi connectivity index (χ0) is 20.7. The van der Waals surface area contributed by atoms with Crippen molar-refractivity contribution in [3.63, 3.8) is 0 Å². The van der Waals surface area contributed by atoms with Crippen molar-refractivity contribution in [1.29, 1.82) is 0 Å². The number of fused-ring (bicyclic) bond motifs is 4. The number of nitrogens with zero attached hydrogens (tertiary/aromatic N) is 1. The molecule has 2 heterocycles. The summed E-state index contributed by atoms with van der Waals surface area (Å²) in [6.07, 6.45) is 2.07. The average Bonchev–Trinajstić information content (AvgIpc) is 2.72. The molecule has 0 spiro atoms. The van der Waals surface area contributed by atoms with E-state index in [1.54, 1.807) is 11.8 Å². The lowest BCUT2D eigenvalue weighted by molar-refractivity contribution is 0.480. The first-order valence-electron chi connectivity index (χ1n) is 9.90. The van der Waals surface area contributed by atoms with Gasteiger partial charge in [-0.3, -0.25) is 4.55 Å². The summed E-state index contributed by atoms with van der Waals surface area (Å²) in [6, 6.07) is 21.5. The van der Waals surface area contributed by atoms with Crippen LogP contribution >= 0.6 is 23.5 Å². The van der Waals surface area contributed by atoms with Gasteiger partial charge in [0.05, 0.1) is 17.1 Å². The number of hydrogen-bond donors (Lipinski definition) is 1. The number of unbranched alkanes of at least 4 members (excludes halogenated alkanes) is 1. The molecule has 30 heavy (non-hydrogen) atoms. The van der Waals surface area contributed by atoms with Crippen molar-refractivity contribution in [2.24, 2.45) is 0 Å². The molecule has 0 bridgehead atoms. The summed E-state index contributed by atoms with van der Waals surface area (Å²) in [5, 5.41) is 0. The third-order valence-electron chi connectivity index (χ3n) is 5.42. The Kier molecular flexibility index (Phi) is 5.31. The van der Waals surface area contributed by atoms with Gasteiger partial charge in [-0.1, -0.05) is 53.9 Å². The van der Waals surface area contributed by atoms with Crippen molar-refractivity contribution in [3.8, 4) is 0 Å². The van der Waals surface area contributed by atoms with Gasteiger partial charge in [0, 0.05) is 26.1 Å². The lowest BCUT2D eigenvalue weighted by Gasteiger charge is -2.34. The standard InChI is InChI=1S/C23H21NO3S3/c25-30(26,27)12-6-5-11-24-18-8-2-4-10-21(18)29-23-14-17-13-16-7-1-3-9-20(16)28-22(17)15-19(23)24/h1-4,7-10,14-15H,5-6,11-13H2,(H,25,26,27). The van der Waals surface area contributed by atoms with Crippen molar-refractivity contribution in [2.45, 2.75) is 38.8 Å². The molecule has 0 aliphatic carbocycles. The highest BCUT2D eigenvalue weighted by atomic mass is 32.2. The summed E-state index contributed by atoms with van der Waals surface area (Å²) < 4.78 is 31.2. The average molecular weight is 456 g/mol. The number of hydrogen-bond acceptors (Lipinski definition) is 5. The van der Waals surface area contributed by atoms with Crippen molar-refractivity contribution < 1.29 is 13.0 Å². The second kappa shape index (κ2) is 7.96. The first-order valence-corrected chi connectivity index (χ1v) is 13.1. The van der Waals surface area contributed by atoms with E-state index in [9.17, 15) is 8.42 Å². The molecule has 2 aliphatic heterocycles. The summed E-state index contributed by atoms with van der Waals surface area (Å²) in [6.45, 7) is 0.708. The Bertz CT molecular complexity index is 1220. The van der Waals surface area contributed by atoms with E-state index in [0.29, 0.717) is 19.4 Å². The van der Waals surface area contributed by atoms with Crippen LogP contribution < -0.4 is 4.90 Å². The zero-order valence-electron chi connectivity index (χ0n) is 16.2. The third-order valence-corrected chi connectivity index (χ3v) is 8.55. The lowest BCUT2D eigenvalue weighted by atomic mass is 10.0. The molecule has 154 valence electrons. The maximum absolute atomic E-state index is 11.1. The molecular weight excluding hydrogens is 434 g/mol. The van der Waals surface area contributed by atoms with Crippen molar-refractivity contribution >= 4 is 45.0 Å². The highest BCUT2D eigenvalue weighted by molar-refractivity contribution is 8.00. The number of anilines is 2. The number of para-hydroxylation sites is 1. The van der Waals surface area contributed by atoms with Gasteiger partial charge in [0.1, 0.15) is 0 Å². The minimum Gasteiger partial charge on any atom is -0.340 e. The van der Waals surface area contributed by atoms with E-state index >= 15 is 0 Å². The molecule has 2 aliphatic rings. The van der Waals surface area contributed by atoms with Gasteiger partial charge >= 0.3 is 0 Å². The predicted molar refractivity (Wildman–Crippen MR) is 123 cm³/mol. The van der Waals surface area contributed by atoms with Crippen molar-refractivity contribution in [1.82, 2.24) is 0 Å². The smallest absolute Gasteiger partial charge is 0.264 e. The van der Waals surface area contributed by atoms with Crippen LogP contribution in [0.2, 0.25) is 0 Å². The van der Waals surface area contributed by atoms with Gasteiger partial charge in [-0.05, 0) is 60.7 Å². The van der Waals surface area contributed by atoms with Crippen LogP contribution in [-0.4, -0.2) is 25.3 Å². The Hall–Kier alpha value is -1.93. The summed E-state index contributed by atoms with van der Waals surface area (Å²) in [7, 11) is -3.91. The van der Waals surface area contributed by atoms with Crippen LogP contribution in [0.25, 0.3) is 0 Å². The maximum atomic E-state index is 11.1. The Morgan fingerprint density at radius 2 is 1.53 bits per heavy atom. The summed E-state index contributed by atoms with van der Waals surface area (Å²) in [5.41, 5.74) is 5.06. The Morgan fingerprint density at radius 1 is 0.800 bits per heavy atom. The largest absolute Gasteiger partial charge is 0.340 e. The van der Waals surface area contributed by atoms with Crippen LogP contribution in [0.4, 0.5) is 11.4 Å². The molecule has 0 aromatic heterocycles. The fourth-order valence-electron chi connectivity index (χ4n) is 4.00. The Morgan fingerprint density at radius 3 is 2.37 bits per heavy atom. The summed E-state index contributed by atoms with van der Waals surface area (Å²) >= 11 is 3.62. The van der Waals surface area contributed by atoms with Gasteiger partial charge in [0.25, 0.3) is 10.1 Å². The molecule has 0 radical (unpaired) electrons. The fourth-order valence-corrected chi connectivity index (χ4v) is 6.80. The number of rotatable bonds is 5. The second-order valence-electron chi connectivity index (χ2n) is 7.53. The van der Waals surface area contributed by atoms with Gasteiger partial charge in [-0.2, -0.15) is 8.42 Å². The SMILES string of the molecule is O=S(=O)(O)CCCCN1c2ccccc2Sc2cc3c(cc21)Sc1ccccc1C3. The second-order valence-corrected chi connectivity index (χ2v) is 11.3. The number of benzene rings is 3. The van der Waals surface area contributed by atoms with Gasteiger partial charge in [-0.25, -0.2) is 0 Å². The molecule has 4 nitrogen and oxygen atoms in total. The molecule has 5 rings (SSSR count). The van der Waals surface area contributed by atoms with Gasteiger partial charge in [0.15, 0.2) is 0 Å². The molecule has 0 amide bonds. The summed E-state index contributed by atoms with van der Waals surface area (Å²) in [4.78, 5) is 7.35. The van der Waals surface area contributed by atoms with E-state index in [0.717, 1.165) is 12.1 Å². The van der Waals surface area contributed by atoms with Crippen LogP contribution in [0.1, 0.15) is 24.0 Å². The van der Waals surface area contributed by atoms with Crippen LogP contribution in [0.5, 0.6) is 0 Å². The lowest BCUT2D eigenvalue weighted by Crippen LogP contribution is -2.23. The third kappa shape index (κ3) is 3.99. The fraction of sp³-hybridized carbons (Fsp3) is 0.217. The zero-order valence-corrected chi connectivity index (χ0v) is 18.7. The molecule has 0 fully saturated rings. The highest BCUT2D eigenvalue weighted by Gasteiger charge is 2.26. The van der Waals surface area contributed by atoms with E-state index in [1.807, 2.05) is 17.8 Å². The first kappa shape index (κ1) is 20.0. The molecule has 0 atom stereocenters.